The zero-order valence-electron chi connectivity index (χ0n) is 39.1. The molecule has 14 nitrogen and oxygen atoms in total. The van der Waals surface area contributed by atoms with Gasteiger partial charge in [0.05, 0.1) is 40.4 Å². The SMILES string of the molecule is CC(C)CC=O.CCCCn1c(=O)c2c(C(O)CC(C)C)c(Oc3cccc(C(F)(F)F)c3)cnc2n(C)c1=O.CCCCn1c(=O)c2cc(Oc3cccc(C(F)(F)F)c3)cnc2n(C)c1=O. The molecule has 0 bridgehead atoms. The van der Waals surface area contributed by atoms with Crippen molar-refractivity contribution in [2.45, 2.75) is 112 Å². The first-order valence-electron chi connectivity index (χ1n) is 22.0. The average Bonchev–Trinajstić information content (AvgIpc) is 3.27. The van der Waals surface area contributed by atoms with Gasteiger partial charge in [-0.05, 0) is 73.6 Å². The number of hydrogen-bond acceptors (Lipinski definition) is 10. The van der Waals surface area contributed by atoms with Crippen molar-refractivity contribution < 1.29 is 45.7 Å². The van der Waals surface area contributed by atoms with Crippen molar-refractivity contribution >= 4 is 28.4 Å². The lowest BCUT2D eigenvalue weighted by Crippen LogP contribution is -2.40. The van der Waals surface area contributed by atoms with E-state index in [1.54, 1.807) is 0 Å². The van der Waals surface area contributed by atoms with Crippen LogP contribution < -0.4 is 32.0 Å². The third kappa shape index (κ3) is 13.5. The maximum Gasteiger partial charge on any atom is 0.416 e. The summed E-state index contributed by atoms with van der Waals surface area (Å²) in [4.78, 5) is 69.1. The highest BCUT2D eigenvalue weighted by Crippen LogP contribution is 2.38. The molecule has 0 aliphatic rings. The molecule has 68 heavy (non-hydrogen) atoms. The molecule has 20 heteroatoms. The highest BCUT2D eigenvalue weighted by Gasteiger charge is 2.32. The summed E-state index contributed by atoms with van der Waals surface area (Å²) in [5.74, 6) is 0.469. The van der Waals surface area contributed by atoms with E-state index in [1.165, 1.54) is 66.0 Å². The van der Waals surface area contributed by atoms with E-state index in [0.717, 1.165) is 52.5 Å². The number of aldehydes is 1. The van der Waals surface area contributed by atoms with E-state index in [0.29, 0.717) is 25.2 Å². The van der Waals surface area contributed by atoms with Crippen LogP contribution in [-0.4, -0.2) is 39.6 Å². The Labute approximate surface area is 387 Å². The minimum atomic E-state index is -4.56. The van der Waals surface area contributed by atoms with E-state index in [1.807, 2.05) is 41.5 Å². The van der Waals surface area contributed by atoms with Crippen molar-refractivity contribution in [3.05, 3.63) is 125 Å². The molecule has 0 saturated heterocycles. The Bertz CT molecular complexity index is 2940. The number of hydrogen-bond donors (Lipinski definition) is 1. The van der Waals surface area contributed by atoms with Crippen LogP contribution in [-0.2, 0) is 44.3 Å². The monoisotopic (exact) mass is 958 g/mol. The predicted octanol–water partition coefficient (Wildman–Crippen LogP) is 9.72. The van der Waals surface area contributed by atoms with Crippen LogP contribution >= 0.6 is 0 Å². The van der Waals surface area contributed by atoms with Gasteiger partial charge in [0.2, 0.25) is 0 Å². The number of aromatic nitrogens is 6. The topological polar surface area (TPSA) is 170 Å². The fourth-order valence-corrected chi connectivity index (χ4v) is 6.81. The minimum Gasteiger partial charge on any atom is -0.456 e. The summed E-state index contributed by atoms with van der Waals surface area (Å²) in [6.07, 6.45) is -3.02. The van der Waals surface area contributed by atoms with Gasteiger partial charge < -0.3 is 19.4 Å². The van der Waals surface area contributed by atoms with Gasteiger partial charge in [-0.15, -0.1) is 0 Å². The zero-order chi connectivity index (χ0) is 50.7. The first-order chi connectivity index (χ1) is 31.9. The average molecular weight is 959 g/mol. The number of aryl methyl sites for hydroxylation is 2. The highest BCUT2D eigenvalue weighted by atomic mass is 19.4. The summed E-state index contributed by atoms with van der Waals surface area (Å²) >= 11 is 0. The van der Waals surface area contributed by atoms with Gasteiger partial charge in [0.25, 0.3) is 11.1 Å². The molecular formula is C48H56F6N6O8. The van der Waals surface area contributed by atoms with Crippen LogP contribution in [0.15, 0.2) is 86.2 Å². The molecule has 0 spiro atoms. The number of carbonyl (C=O) groups is 1. The van der Waals surface area contributed by atoms with Gasteiger partial charge in [0, 0.05) is 39.2 Å². The summed E-state index contributed by atoms with van der Waals surface area (Å²) in [5.41, 5.74) is -3.52. The van der Waals surface area contributed by atoms with E-state index in [4.69, 9.17) is 9.47 Å². The van der Waals surface area contributed by atoms with Crippen molar-refractivity contribution in [1.29, 1.82) is 0 Å². The van der Waals surface area contributed by atoms with Crippen molar-refractivity contribution in [2.75, 3.05) is 0 Å². The first-order valence-corrected chi connectivity index (χ1v) is 22.0. The molecule has 1 N–H and O–H groups in total. The molecule has 0 aliphatic heterocycles. The summed E-state index contributed by atoms with van der Waals surface area (Å²) in [7, 11) is 2.98. The van der Waals surface area contributed by atoms with E-state index in [-0.39, 0.29) is 76.1 Å². The van der Waals surface area contributed by atoms with Crippen molar-refractivity contribution in [3.63, 3.8) is 0 Å². The van der Waals surface area contributed by atoms with E-state index < -0.39 is 52.1 Å². The van der Waals surface area contributed by atoms with Crippen LogP contribution in [0, 0.1) is 11.8 Å². The number of benzene rings is 2. The molecule has 0 amide bonds. The molecule has 1 atom stereocenters. The van der Waals surface area contributed by atoms with E-state index >= 15 is 0 Å². The van der Waals surface area contributed by atoms with Crippen LogP contribution in [0.2, 0.25) is 0 Å². The van der Waals surface area contributed by atoms with Crippen molar-refractivity contribution in [2.24, 2.45) is 25.9 Å². The summed E-state index contributed by atoms with van der Waals surface area (Å²) in [6, 6.07) is 10.1. The Morgan fingerprint density at radius 3 is 1.65 bits per heavy atom. The van der Waals surface area contributed by atoms with E-state index in [9.17, 15) is 55.4 Å². The Morgan fingerprint density at radius 2 is 1.18 bits per heavy atom. The van der Waals surface area contributed by atoms with Crippen LogP contribution in [0.25, 0.3) is 22.1 Å². The largest absolute Gasteiger partial charge is 0.456 e. The Hall–Kier alpha value is -6.57. The second kappa shape index (κ2) is 23.4. The zero-order valence-corrected chi connectivity index (χ0v) is 39.1. The summed E-state index contributed by atoms with van der Waals surface area (Å²) < 4.78 is 94.0. The van der Waals surface area contributed by atoms with Gasteiger partial charge in [-0.1, -0.05) is 66.5 Å². The van der Waals surface area contributed by atoms with Crippen LogP contribution in [0.1, 0.15) is 103 Å². The second-order valence-corrected chi connectivity index (χ2v) is 16.8. The van der Waals surface area contributed by atoms with Gasteiger partial charge in [-0.2, -0.15) is 26.3 Å². The standard InChI is InChI=1S/C24H28F3N3O4.C19H18F3N3O3.C5H10O/c1-5-6-10-30-22(32)20-19(17(31)11-14(2)3)18(13-28-21(20)29(4)23(30)33)34-16-9-7-8-15(12-16)24(25,26)27;1-3-4-8-25-17(26)15-10-14(11-23-16(15)24(2)18(25)27)28-13-7-5-6-12(9-13)19(20,21)22;1-5(2)3-4-6/h7-9,12-14,17,31H,5-6,10-11H2,1-4H3;5-7,9-11H,3-4,8H2,1-2H3;4-5H,3H2,1-2H3. The number of pyridine rings is 2. The number of carbonyl (C=O) groups excluding carboxylic acids is 1. The first kappa shape index (κ1) is 54.0. The van der Waals surface area contributed by atoms with E-state index in [2.05, 4.69) is 9.97 Å². The molecular weight excluding hydrogens is 903 g/mol. The molecule has 2 aromatic carbocycles. The number of nitrogens with zero attached hydrogens (tertiary/aromatic N) is 6. The van der Waals surface area contributed by atoms with Gasteiger partial charge in [-0.25, -0.2) is 19.6 Å². The summed E-state index contributed by atoms with van der Waals surface area (Å²) in [6.45, 7) is 12.1. The lowest BCUT2D eigenvalue weighted by atomic mass is 9.97. The number of alkyl halides is 6. The summed E-state index contributed by atoms with van der Waals surface area (Å²) in [5, 5.41) is 11.2. The Morgan fingerprint density at radius 1 is 0.676 bits per heavy atom. The van der Waals surface area contributed by atoms with Crippen molar-refractivity contribution in [3.8, 4) is 23.0 Å². The maximum absolute atomic E-state index is 13.4. The van der Waals surface area contributed by atoms with Gasteiger partial charge in [0.1, 0.15) is 34.8 Å². The lowest BCUT2D eigenvalue weighted by molar-refractivity contribution is -0.138. The number of fused-ring (bicyclic) bond motifs is 2. The van der Waals surface area contributed by atoms with Crippen LogP contribution in [0.5, 0.6) is 23.0 Å². The predicted molar refractivity (Wildman–Crippen MR) is 245 cm³/mol. The lowest BCUT2D eigenvalue weighted by Gasteiger charge is -2.21. The number of aliphatic hydroxyl groups excluding tert-OH is 1. The molecule has 0 saturated carbocycles. The number of rotatable bonds is 15. The van der Waals surface area contributed by atoms with Gasteiger partial charge >= 0.3 is 23.7 Å². The number of unbranched alkanes of at least 4 members (excludes halogenated alkanes) is 2. The molecule has 0 aliphatic carbocycles. The molecule has 6 rings (SSSR count). The van der Waals surface area contributed by atoms with Gasteiger partial charge in [0.15, 0.2) is 5.75 Å². The van der Waals surface area contributed by atoms with Gasteiger partial charge in [-0.3, -0.25) is 27.9 Å². The number of halogens is 6. The third-order valence-electron chi connectivity index (χ3n) is 10.4. The Kier molecular flexibility index (Phi) is 18.6. The fourth-order valence-electron chi connectivity index (χ4n) is 6.81. The molecule has 4 heterocycles. The molecule has 0 fully saturated rings. The van der Waals surface area contributed by atoms with Crippen LogP contribution in [0.4, 0.5) is 26.3 Å². The number of ether oxygens (including phenoxy) is 2. The smallest absolute Gasteiger partial charge is 0.416 e. The molecule has 1 unspecified atom stereocenters. The highest BCUT2D eigenvalue weighted by molar-refractivity contribution is 5.81. The minimum absolute atomic E-state index is 0.0100. The normalized spacial score (nSPS) is 12.1. The molecule has 6 aromatic rings. The molecule has 4 aromatic heterocycles. The van der Waals surface area contributed by atoms with Crippen molar-refractivity contribution in [1.82, 2.24) is 28.2 Å². The van der Waals surface area contributed by atoms with Crippen LogP contribution in [0.3, 0.4) is 0 Å². The quantitative estimate of drug-likeness (QED) is 0.0773. The fraction of sp³-hybridized carbons (Fsp3) is 0.438. The Balaban J connectivity index is 0.000000268. The maximum atomic E-state index is 13.4. The second-order valence-electron chi connectivity index (χ2n) is 16.8. The molecule has 0 radical (unpaired) electrons. The molecule has 368 valence electrons. The third-order valence-corrected chi connectivity index (χ3v) is 10.4. The number of aliphatic hydroxyl groups is 1.